The molecule has 0 aliphatic carbocycles. The Morgan fingerprint density at radius 1 is 1.03 bits per heavy atom. The summed E-state index contributed by atoms with van der Waals surface area (Å²) in [5.41, 5.74) is 1.54. The van der Waals surface area contributed by atoms with E-state index in [2.05, 4.69) is 4.90 Å². The van der Waals surface area contributed by atoms with Crippen LogP contribution < -0.4 is 0 Å². The zero-order chi connectivity index (χ0) is 21.5. The first-order chi connectivity index (χ1) is 15.0. The van der Waals surface area contributed by atoms with Gasteiger partial charge in [0.25, 0.3) is 10.0 Å². The van der Waals surface area contributed by atoms with E-state index < -0.39 is 15.8 Å². The van der Waals surface area contributed by atoms with Crippen LogP contribution >= 0.6 is 0 Å². The molecule has 2 fully saturated rings. The van der Waals surface area contributed by atoms with Crippen molar-refractivity contribution in [1.82, 2.24) is 8.87 Å². The van der Waals surface area contributed by atoms with Gasteiger partial charge in [0.1, 0.15) is 0 Å². The molecule has 8 heteroatoms. The number of benzene rings is 2. The third kappa shape index (κ3) is 3.58. The lowest BCUT2D eigenvalue weighted by Crippen LogP contribution is -2.47. The van der Waals surface area contributed by atoms with Gasteiger partial charge in [-0.1, -0.05) is 36.4 Å². The molecule has 164 valence electrons. The second kappa shape index (κ2) is 8.03. The first kappa shape index (κ1) is 20.7. The van der Waals surface area contributed by atoms with Crippen LogP contribution in [0.25, 0.3) is 10.9 Å². The minimum absolute atomic E-state index is 0.0339. The number of aliphatic hydroxyl groups excluding tert-OH is 1. The van der Waals surface area contributed by atoms with Gasteiger partial charge in [-0.15, -0.1) is 0 Å². The summed E-state index contributed by atoms with van der Waals surface area (Å²) in [6.45, 7) is 2.38. The standard InChI is InChI=1S/C23H26N2O5S/c26-13-12-24-11-10-23(29-14-15-30-23)16-22(24)20-17-25(21-9-5-4-8-19(20)21)31(27,28)18-6-2-1-3-7-18/h1-9,17,22,26H,10-16H2/t22-/m0/s1. The minimum atomic E-state index is -3.75. The highest BCUT2D eigenvalue weighted by molar-refractivity contribution is 7.90. The van der Waals surface area contributed by atoms with Crippen LogP contribution in [0, 0.1) is 0 Å². The van der Waals surface area contributed by atoms with E-state index in [-0.39, 0.29) is 17.5 Å². The SMILES string of the molecule is O=S(=O)(c1ccccc1)n1cc([C@@H]2CC3(CCN2CCO)OCCO3)c2ccccc21. The third-order valence-corrected chi connectivity index (χ3v) is 7.98. The quantitative estimate of drug-likeness (QED) is 0.655. The van der Waals surface area contributed by atoms with Crippen molar-refractivity contribution in [2.24, 2.45) is 0 Å². The molecule has 2 saturated heterocycles. The average molecular weight is 443 g/mol. The van der Waals surface area contributed by atoms with Crippen LogP contribution in [-0.2, 0) is 19.5 Å². The molecule has 31 heavy (non-hydrogen) atoms. The predicted octanol–water partition coefficient (Wildman–Crippen LogP) is 2.75. The normalized spacial score (nSPS) is 21.8. The number of aromatic nitrogens is 1. The summed E-state index contributed by atoms with van der Waals surface area (Å²) in [5.74, 6) is -0.641. The predicted molar refractivity (Wildman–Crippen MR) is 116 cm³/mol. The van der Waals surface area contributed by atoms with Gasteiger partial charge in [0.15, 0.2) is 5.79 Å². The van der Waals surface area contributed by atoms with Crippen LogP contribution in [0.3, 0.4) is 0 Å². The van der Waals surface area contributed by atoms with Crippen LogP contribution in [-0.4, -0.2) is 61.1 Å². The summed E-state index contributed by atoms with van der Waals surface area (Å²) < 4.78 is 40.3. The van der Waals surface area contributed by atoms with Gasteiger partial charge in [0.05, 0.1) is 30.2 Å². The molecule has 1 atom stereocenters. The van der Waals surface area contributed by atoms with E-state index in [4.69, 9.17) is 9.47 Å². The van der Waals surface area contributed by atoms with E-state index in [1.54, 1.807) is 36.5 Å². The molecule has 0 radical (unpaired) electrons. The molecule has 1 spiro atoms. The lowest BCUT2D eigenvalue weighted by Gasteiger charge is -2.43. The van der Waals surface area contributed by atoms with Crippen molar-refractivity contribution >= 4 is 20.9 Å². The molecule has 0 unspecified atom stereocenters. The Kier molecular flexibility index (Phi) is 5.35. The Labute approximate surface area is 181 Å². The molecule has 3 aromatic rings. The van der Waals surface area contributed by atoms with Crippen LogP contribution in [0.5, 0.6) is 0 Å². The number of aliphatic hydroxyl groups is 1. The summed E-state index contributed by atoms with van der Waals surface area (Å²) in [6, 6.07) is 15.9. The Morgan fingerprint density at radius 3 is 2.48 bits per heavy atom. The Balaban J connectivity index is 1.64. The second-order valence-electron chi connectivity index (χ2n) is 8.05. The number of para-hydroxylation sites is 1. The molecular weight excluding hydrogens is 416 g/mol. The smallest absolute Gasteiger partial charge is 0.268 e. The third-order valence-electron chi connectivity index (χ3n) is 6.29. The molecular formula is C23H26N2O5S. The number of β-amino-alcohol motifs (C(OH)–C–C–N with tert-alkyl or cyclic N) is 1. The molecule has 1 aromatic heterocycles. The second-order valence-corrected chi connectivity index (χ2v) is 9.87. The Morgan fingerprint density at radius 2 is 1.74 bits per heavy atom. The number of rotatable bonds is 5. The molecule has 7 nitrogen and oxygen atoms in total. The maximum absolute atomic E-state index is 13.5. The molecule has 0 bridgehead atoms. The van der Waals surface area contributed by atoms with E-state index in [1.807, 2.05) is 24.3 Å². The molecule has 1 N–H and O–H groups in total. The van der Waals surface area contributed by atoms with E-state index in [0.717, 1.165) is 17.4 Å². The first-order valence-corrected chi connectivity index (χ1v) is 12.0. The van der Waals surface area contributed by atoms with E-state index in [9.17, 15) is 13.5 Å². The number of piperidine rings is 1. The van der Waals surface area contributed by atoms with Crippen molar-refractivity contribution < 1.29 is 23.0 Å². The highest BCUT2D eigenvalue weighted by atomic mass is 32.2. The summed E-state index contributed by atoms with van der Waals surface area (Å²) in [5, 5.41) is 10.5. The number of nitrogens with zero attached hydrogens (tertiary/aromatic N) is 2. The zero-order valence-electron chi connectivity index (χ0n) is 17.2. The van der Waals surface area contributed by atoms with E-state index in [1.165, 1.54) is 3.97 Å². The van der Waals surface area contributed by atoms with E-state index in [0.29, 0.717) is 38.2 Å². The molecule has 3 heterocycles. The number of fused-ring (bicyclic) bond motifs is 1. The number of hydrogen-bond acceptors (Lipinski definition) is 6. The van der Waals surface area contributed by atoms with Crippen molar-refractivity contribution in [1.29, 1.82) is 0 Å². The highest BCUT2D eigenvalue weighted by Crippen LogP contribution is 2.43. The maximum Gasteiger partial charge on any atom is 0.268 e. The van der Waals surface area contributed by atoms with Gasteiger partial charge >= 0.3 is 0 Å². The van der Waals surface area contributed by atoms with Crippen molar-refractivity contribution in [2.75, 3.05) is 32.9 Å². The van der Waals surface area contributed by atoms with Crippen molar-refractivity contribution in [3.05, 3.63) is 66.4 Å². The summed E-state index contributed by atoms with van der Waals surface area (Å²) in [4.78, 5) is 2.44. The molecule has 2 aliphatic heterocycles. The van der Waals surface area contributed by atoms with Gasteiger partial charge in [0.2, 0.25) is 0 Å². The minimum Gasteiger partial charge on any atom is -0.395 e. The van der Waals surface area contributed by atoms with Crippen LogP contribution in [0.15, 0.2) is 65.7 Å². The molecule has 2 aromatic carbocycles. The lowest BCUT2D eigenvalue weighted by molar-refractivity contribution is -0.198. The summed E-state index contributed by atoms with van der Waals surface area (Å²) >= 11 is 0. The number of likely N-dealkylation sites (tertiary alicyclic amines) is 1. The number of hydrogen-bond donors (Lipinski definition) is 1. The van der Waals surface area contributed by atoms with Gasteiger partial charge in [-0.2, -0.15) is 0 Å². The topological polar surface area (TPSA) is 81.0 Å². The largest absolute Gasteiger partial charge is 0.395 e. The first-order valence-electron chi connectivity index (χ1n) is 10.6. The van der Waals surface area contributed by atoms with Crippen LogP contribution in [0.2, 0.25) is 0 Å². The lowest BCUT2D eigenvalue weighted by atomic mass is 9.90. The van der Waals surface area contributed by atoms with Crippen molar-refractivity contribution in [3.8, 4) is 0 Å². The van der Waals surface area contributed by atoms with Crippen LogP contribution in [0.1, 0.15) is 24.4 Å². The van der Waals surface area contributed by atoms with Gasteiger partial charge in [-0.05, 0) is 23.8 Å². The number of ether oxygens (including phenoxy) is 2. The average Bonchev–Trinajstić information content (AvgIpc) is 3.41. The fourth-order valence-corrected chi connectivity index (χ4v) is 6.20. The highest BCUT2D eigenvalue weighted by Gasteiger charge is 2.45. The van der Waals surface area contributed by atoms with Gasteiger partial charge in [-0.3, -0.25) is 4.90 Å². The molecule has 0 amide bonds. The summed E-state index contributed by atoms with van der Waals surface area (Å²) in [7, 11) is -3.75. The molecule has 0 saturated carbocycles. The monoisotopic (exact) mass is 442 g/mol. The van der Waals surface area contributed by atoms with Gasteiger partial charge in [-0.25, -0.2) is 12.4 Å². The fraction of sp³-hybridized carbons (Fsp3) is 0.391. The van der Waals surface area contributed by atoms with Gasteiger partial charge < -0.3 is 14.6 Å². The maximum atomic E-state index is 13.5. The Hall–Kier alpha value is -2.23. The van der Waals surface area contributed by atoms with Crippen molar-refractivity contribution in [3.63, 3.8) is 0 Å². The van der Waals surface area contributed by atoms with Crippen LogP contribution in [0.4, 0.5) is 0 Å². The Bertz CT molecular complexity index is 1170. The van der Waals surface area contributed by atoms with Crippen molar-refractivity contribution in [2.45, 2.75) is 29.6 Å². The molecule has 5 rings (SSSR count). The van der Waals surface area contributed by atoms with Gasteiger partial charge in [0, 0.05) is 43.6 Å². The fourth-order valence-electron chi connectivity index (χ4n) is 4.80. The summed E-state index contributed by atoms with van der Waals surface area (Å²) in [6.07, 6.45) is 3.05. The molecule has 2 aliphatic rings. The van der Waals surface area contributed by atoms with E-state index >= 15 is 0 Å². The zero-order valence-corrected chi connectivity index (χ0v) is 18.0.